The first-order valence-electron chi connectivity index (χ1n) is 4.18. The molecule has 0 aromatic heterocycles. The van der Waals surface area contributed by atoms with Crippen LogP contribution in [0.15, 0.2) is 24.3 Å². The van der Waals surface area contributed by atoms with E-state index < -0.39 is 0 Å². The van der Waals surface area contributed by atoms with Gasteiger partial charge in [-0.25, -0.2) is 0 Å². The molecule has 62 valence electrons. The molecule has 0 atom stereocenters. The fourth-order valence-corrected chi connectivity index (χ4v) is 0.796. The Hall–Kier alpha value is -0.850. The summed E-state index contributed by atoms with van der Waals surface area (Å²) >= 11 is 0. The van der Waals surface area contributed by atoms with Crippen molar-refractivity contribution in [1.82, 2.24) is 0 Å². The van der Waals surface area contributed by atoms with Gasteiger partial charge in [0, 0.05) is 0 Å². The zero-order valence-electron chi connectivity index (χ0n) is 7.12. The van der Waals surface area contributed by atoms with Gasteiger partial charge in [-0.05, 0) is 18.9 Å². The maximum absolute atomic E-state index is 9.82. The topological polar surface area (TPSA) is 17.1 Å². The number of allylic oxidation sites excluding steroid dienone is 4. The number of carbonyl (C=O) groups excluding carboxylic acids is 1. The second kappa shape index (κ2) is 9.15. The summed E-state index contributed by atoms with van der Waals surface area (Å²) in [6, 6.07) is 0. The highest BCUT2D eigenvalue weighted by atomic mass is 16.1. The average Bonchev–Trinajstić information content (AvgIpc) is 2.03. The number of aldehydes is 1. The molecule has 0 aromatic rings. The highest BCUT2D eigenvalue weighted by Crippen LogP contribution is 1.99. The third kappa shape index (κ3) is 9.15. The van der Waals surface area contributed by atoms with E-state index in [-0.39, 0.29) is 0 Å². The highest BCUT2D eigenvalue weighted by Gasteiger charge is 1.79. The molecule has 1 heteroatoms. The molecule has 0 aliphatic carbocycles. The van der Waals surface area contributed by atoms with Gasteiger partial charge in [-0.1, -0.05) is 38.0 Å². The summed E-state index contributed by atoms with van der Waals surface area (Å²) in [5.74, 6) is 0. The molecule has 0 fully saturated rings. The van der Waals surface area contributed by atoms with Crippen LogP contribution in [0.3, 0.4) is 0 Å². The zero-order valence-corrected chi connectivity index (χ0v) is 7.12. The van der Waals surface area contributed by atoms with Gasteiger partial charge in [-0.2, -0.15) is 0 Å². The monoisotopic (exact) mass is 152 g/mol. The third-order valence-corrected chi connectivity index (χ3v) is 1.41. The van der Waals surface area contributed by atoms with Crippen LogP contribution in [-0.4, -0.2) is 6.29 Å². The maximum atomic E-state index is 9.82. The molecular weight excluding hydrogens is 136 g/mol. The molecule has 0 bridgehead atoms. The molecule has 0 aliphatic rings. The molecule has 0 aliphatic heterocycles. The zero-order chi connectivity index (χ0) is 8.36. The largest absolute Gasteiger partial charge is 0.299 e. The summed E-state index contributed by atoms with van der Waals surface area (Å²) in [5.41, 5.74) is 0. The molecule has 0 spiro atoms. The van der Waals surface area contributed by atoms with Crippen LogP contribution in [0.4, 0.5) is 0 Å². The fraction of sp³-hybridized carbons (Fsp3) is 0.500. The van der Waals surface area contributed by atoms with Crippen LogP contribution in [0.1, 0.15) is 32.6 Å². The van der Waals surface area contributed by atoms with Crippen molar-refractivity contribution in [2.75, 3.05) is 0 Å². The van der Waals surface area contributed by atoms with E-state index in [2.05, 4.69) is 13.0 Å². The molecule has 0 radical (unpaired) electrons. The quantitative estimate of drug-likeness (QED) is 0.247. The molecule has 0 unspecified atom stereocenters. The molecular formula is C10H16O. The predicted octanol–water partition coefficient (Wildman–Crippen LogP) is 2.88. The van der Waals surface area contributed by atoms with Crippen molar-refractivity contribution >= 4 is 6.29 Å². The van der Waals surface area contributed by atoms with E-state index in [1.165, 1.54) is 25.3 Å². The van der Waals surface area contributed by atoms with Gasteiger partial charge in [-0.15, -0.1) is 0 Å². The number of hydrogen-bond acceptors (Lipinski definition) is 1. The maximum Gasteiger partial charge on any atom is 0.142 e. The Labute approximate surface area is 68.8 Å². The lowest BCUT2D eigenvalue weighted by atomic mass is 10.2. The van der Waals surface area contributed by atoms with Crippen LogP contribution >= 0.6 is 0 Å². The lowest BCUT2D eigenvalue weighted by Crippen LogP contribution is -1.69. The second-order valence-corrected chi connectivity index (χ2v) is 2.44. The number of carbonyl (C=O) groups is 1. The van der Waals surface area contributed by atoms with Crippen molar-refractivity contribution in [2.24, 2.45) is 0 Å². The predicted molar refractivity (Wildman–Crippen MR) is 48.5 cm³/mol. The van der Waals surface area contributed by atoms with Crippen LogP contribution in [0, 0.1) is 0 Å². The molecule has 0 N–H and O–H groups in total. The van der Waals surface area contributed by atoms with Crippen molar-refractivity contribution in [3.05, 3.63) is 24.3 Å². The smallest absolute Gasteiger partial charge is 0.142 e. The minimum absolute atomic E-state index is 0.788. The fourth-order valence-electron chi connectivity index (χ4n) is 0.796. The summed E-state index contributed by atoms with van der Waals surface area (Å²) in [5, 5.41) is 0. The molecule has 0 aromatic carbocycles. The summed E-state index contributed by atoms with van der Waals surface area (Å²) < 4.78 is 0. The van der Waals surface area contributed by atoms with Gasteiger partial charge in [0.15, 0.2) is 0 Å². The Bertz CT molecular complexity index is 134. The lowest BCUT2D eigenvalue weighted by Gasteiger charge is -1.89. The van der Waals surface area contributed by atoms with Gasteiger partial charge in [0.2, 0.25) is 0 Å². The molecule has 0 saturated heterocycles. The number of rotatable bonds is 6. The Morgan fingerprint density at radius 2 is 1.91 bits per heavy atom. The SMILES string of the molecule is CCCCC/C=C/C=C\C=O. The Balaban J connectivity index is 3.15. The van der Waals surface area contributed by atoms with Crippen LogP contribution in [0.5, 0.6) is 0 Å². The standard InChI is InChI=1S/C10H16O/c1-2-3-4-5-6-7-8-9-10-11/h6-10H,2-5H2,1H3/b7-6+,9-8-. The van der Waals surface area contributed by atoms with E-state index in [1.54, 1.807) is 6.08 Å². The van der Waals surface area contributed by atoms with Crippen molar-refractivity contribution in [3.63, 3.8) is 0 Å². The third-order valence-electron chi connectivity index (χ3n) is 1.41. The van der Waals surface area contributed by atoms with E-state index in [0.29, 0.717) is 0 Å². The Morgan fingerprint density at radius 3 is 2.55 bits per heavy atom. The lowest BCUT2D eigenvalue weighted by molar-refractivity contribution is -0.104. The highest BCUT2D eigenvalue weighted by molar-refractivity contribution is 5.65. The van der Waals surface area contributed by atoms with E-state index in [1.807, 2.05) is 6.08 Å². The van der Waals surface area contributed by atoms with Gasteiger partial charge in [0.25, 0.3) is 0 Å². The molecule has 0 amide bonds. The van der Waals surface area contributed by atoms with Gasteiger partial charge in [0.05, 0.1) is 0 Å². The summed E-state index contributed by atoms with van der Waals surface area (Å²) in [4.78, 5) is 9.82. The van der Waals surface area contributed by atoms with Gasteiger partial charge >= 0.3 is 0 Å². The van der Waals surface area contributed by atoms with E-state index in [9.17, 15) is 4.79 Å². The van der Waals surface area contributed by atoms with Crippen LogP contribution in [0.2, 0.25) is 0 Å². The Morgan fingerprint density at radius 1 is 1.09 bits per heavy atom. The molecule has 1 nitrogen and oxygen atoms in total. The summed E-state index contributed by atoms with van der Waals surface area (Å²) in [6.07, 6.45) is 13.0. The van der Waals surface area contributed by atoms with Gasteiger partial charge in [0.1, 0.15) is 6.29 Å². The molecule has 0 rings (SSSR count). The average molecular weight is 152 g/mol. The number of unbranched alkanes of at least 4 members (excludes halogenated alkanes) is 3. The molecule has 0 heterocycles. The first-order chi connectivity index (χ1) is 5.41. The van der Waals surface area contributed by atoms with Crippen LogP contribution in [0.25, 0.3) is 0 Å². The first-order valence-corrected chi connectivity index (χ1v) is 4.18. The van der Waals surface area contributed by atoms with Gasteiger partial charge in [-0.3, -0.25) is 4.79 Å². The van der Waals surface area contributed by atoms with Crippen LogP contribution < -0.4 is 0 Å². The molecule has 0 saturated carbocycles. The molecule has 11 heavy (non-hydrogen) atoms. The second-order valence-electron chi connectivity index (χ2n) is 2.44. The van der Waals surface area contributed by atoms with Crippen molar-refractivity contribution < 1.29 is 4.79 Å². The van der Waals surface area contributed by atoms with E-state index >= 15 is 0 Å². The van der Waals surface area contributed by atoms with Crippen molar-refractivity contribution in [2.45, 2.75) is 32.6 Å². The van der Waals surface area contributed by atoms with Crippen LogP contribution in [-0.2, 0) is 4.79 Å². The van der Waals surface area contributed by atoms with Gasteiger partial charge < -0.3 is 0 Å². The first kappa shape index (κ1) is 10.2. The number of hydrogen-bond donors (Lipinski definition) is 0. The summed E-state index contributed by atoms with van der Waals surface area (Å²) in [7, 11) is 0. The van der Waals surface area contributed by atoms with E-state index in [4.69, 9.17) is 0 Å². The van der Waals surface area contributed by atoms with Crippen molar-refractivity contribution in [1.29, 1.82) is 0 Å². The summed E-state index contributed by atoms with van der Waals surface area (Å²) in [6.45, 7) is 2.19. The normalized spacial score (nSPS) is 11.4. The minimum Gasteiger partial charge on any atom is -0.299 e. The van der Waals surface area contributed by atoms with Crippen molar-refractivity contribution in [3.8, 4) is 0 Å². The Kier molecular flexibility index (Phi) is 8.44. The minimum atomic E-state index is 0.788. The van der Waals surface area contributed by atoms with E-state index in [0.717, 1.165) is 12.7 Å².